The molecule has 9 heteroatoms. The van der Waals surface area contributed by atoms with Crippen molar-refractivity contribution in [3.05, 3.63) is 36.4 Å². The first-order chi connectivity index (χ1) is 11.0. The predicted molar refractivity (Wildman–Crippen MR) is 79.7 cm³/mol. The molecule has 0 aliphatic heterocycles. The van der Waals surface area contributed by atoms with E-state index in [1.807, 2.05) is 13.8 Å². The summed E-state index contributed by atoms with van der Waals surface area (Å²) in [5.41, 5.74) is 0.466. The molecular formula is C14H17FN6O2. The molecule has 0 atom stereocenters. The number of carbonyl (C=O) groups excluding carboxylic acids is 2. The van der Waals surface area contributed by atoms with Gasteiger partial charge >= 0.3 is 0 Å². The molecule has 0 saturated carbocycles. The second-order valence-corrected chi connectivity index (χ2v) is 5.18. The first-order valence-corrected chi connectivity index (χ1v) is 7.01. The summed E-state index contributed by atoms with van der Waals surface area (Å²) < 4.78 is 14.1. The van der Waals surface area contributed by atoms with Crippen molar-refractivity contribution in [3.63, 3.8) is 0 Å². The summed E-state index contributed by atoms with van der Waals surface area (Å²) in [6.07, 6.45) is 1.33. The summed E-state index contributed by atoms with van der Waals surface area (Å²) in [7, 11) is 0. The lowest BCUT2D eigenvalue weighted by molar-refractivity contribution is -0.137. The van der Waals surface area contributed by atoms with Gasteiger partial charge in [0.15, 0.2) is 0 Å². The second kappa shape index (κ2) is 7.43. The third-order valence-electron chi connectivity index (χ3n) is 3.07. The highest BCUT2D eigenvalue weighted by Gasteiger charge is 2.20. The van der Waals surface area contributed by atoms with Crippen LogP contribution in [-0.2, 0) is 16.1 Å². The van der Waals surface area contributed by atoms with Gasteiger partial charge in [0.25, 0.3) is 0 Å². The molecule has 1 aromatic heterocycles. The van der Waals surface area contributed by atoms with Gasteiger partial charge in [0.1, 0.15) is 25.2 Å². The SMILES string of the molecule is CC(C)N(CC(=O)Nc1ccc(F)cc1)C(=O)Cn1cnnn1. The number of nitrogens with zero attached hydrogens (tertiary/aromatic N) is 5. The molecule has 2 rings (SSSR count). The van der Waals surface area contributed by atoms with Gasteiger partial charge in [0, 0.05) is 11.7 Å². The number of hydrogen-bond acceptors (Lipinski definition) is 5. The summed E-state index contributed by atoms with van der Waals surface area (Å²) in [5.74, 6) is -1.03. The smallest absolute Gasteiger partial charge is 0.245 e. The van der Waals surface area contributed by atoms with E-state index in [0.29, 0.717) is 5.69 Å². The Labute approximate surface area is 132 Å². The van der Waals surface area contributed by atoms with Gasteiger partial charge in [-0.25, -0.2) is 9.07 Å². The summed E-state index contributed by atoms with van der Waals surface area (Å²) in [4.78, 5) is 25.8. The molecule has 1 heterocycles. The molecule has 8 nitrogen and oxygen atoms in total. The normalized spacial score (nSPS) is 10.6. The number of halogens is 1. The van der Waals surface area contributed by atoms with Crippen molar-refractivity contribution in [2.24, 2.45) is 0 Å². The Hall–Kier alpha value is -2.84. The fourth-order valence-corrected chi connectivity index (χ4v) is 1.93. The van der Waals surface area contributed by atoms with Crippen LogP contribution in [0.15, 0.2) is 30.6 Å². The predicted octanol–water partition coefficient (Wildman–Crippen LogP) is 0.688. The lowest BCUT2D eigenvalue weighted by Gasteiger charge is -2.26. The molecule has 1 N–H and O–H groups in total. The van der Waals surface area contributed by atoms with E-state index in [-0.39, 0.29) is 36.8 Å². The van der Waals surface area contributed by atoms with E-state index < -0.39 is 0 Å². The molecule has 0 fully saturated rings. The van der Waals surface area contributed by atoms with Crippen LogP contribution in [0.2, 0.25) is 0 Å². The number of rotatable bonds is 6. The van der Waals surface area contributed by atoms with E-state index in [4.69, 9.17) is 0 Å². The fourth-order valence-electron chi connectivity index (χ4n) is 1.93. The molecule has 0 saturated heterocycles. The first kappa shape index (κ1) is 16.5. The minimum Gasteiger partial charge on any atom is -0.329 e. The monoisotopic (exact) mass is 320 g/mol. The van der Waals surface area contributed by atoms with Crippen molar-refractivity contribution in [2.45, 2.75) is 26.4 Å². The minimum absolute atomic E-state index is 0.0466. The number of benzene rings is 1. The van der Waals surface area contributed by atoms with Crippen LogP contribution in [0.1, 0.15) is 13.8 Å². The quantitative estimate of drug-likeness (QED) is 0.845. The molecular weight excluding hydrogens is 303 g/mol. The molecule has 0 aliphatic rings. The van der Waals surface area contributed by atoms with Gasteiger partial charge in [0.05, 0.1) is 0 Å². The summed E-state index contributed by atoms with van der Waals surface area (Å²) >= 11 is 0. The van der Waals surface area contributed by atoms with E-state index in [2.05, 4.69) is 20.8 Å². The Morgan fingerprint density at radius 3 is 2.57 bits per heavy atom. The molecule has 0 bridgehead atoms. The molecule has 0 unspecified atom stereocenters. The van der Waals surface area contributed by atoms with Crippen LogP contribution in [-0.4, -0.2) is 49.5 Å². The zero-order valence-corrected chi connectivity index (χ0v) is 12.8. The highest BCUT2D eigenvalue weighted by molar-refractivity contribution is 5.94. The van der Waals surface area contributed by atoms with Gasteiger partial charge in [-0.1, -0.05) is 0 Å². The van der Waals surface area contributed by atoms with Gasteiger partial charge in [0.2, 0.25) is 11.8 Å². The zero-order valence-electron chi connectivity index (χ0n) is 12.8. The van der Waals surface area contributed by atoms with Crippen molar-refractivity contribution < 1.29 is 14.0 Å². The third kappa shape index (κ3) is 4.83. The van der Waals surface area contributed by atoms with Crippen molar-refractivity contribution in [3.8, 4) is 0 Å². The molecule has 1 aromatic carbocycles. The average molecular weight is 320 g/mol. The van der Waals surface area contributed by atoms with Crippen LogP contribution in [0.3, 0.4) is 0 Å². The highest BCUT2D eigenvalue weighted by Crippen LogP contribution is 2.09. The third-order valence-corrected chi connectivity index (χ3v) is 3.07. The Morgan fingerprint density at radius 2 is 2.00 bits per heavy atom. The van der Waals surface area contributed by atoms with Gasteiger partial charge in [-0.05, 0) is 48.5 Å². The number of tetrazole rings is 1. The highest BCUT2D eigenvalue weighted by atomic mass is 19.1. The standard InChI is InChI=1S/C14H17FN6O2/c1-10(2)21(14(23)8-20-9-16-18-19-20)7-13(22)17-12-5-3-11(15)4-6-12/h3-6,9-10H,7-8H2,1-2H3,(H,17,22). The van der Waals surface area contributed by atoms with Gasteiger partial charge in [-0.15, -0.1) is 5.10 Å². The van der Waals surface area contributed by atoms with Gasteiger partial charge < -0.3 is 10.2 Å². The van der Waals surface area contributed by atoms with E-state index in [0.717, 1.165) is 0 Å². The number of anilines is 1. The second-order valence-electron chi connectivity index (χ2n) is 5.18. The van der Waals surface area contributed by atoms with E-state index in [1.54, 1.807) is 0 Å². The molecule has 0 aliphatic carbocycles. The molecule has 2 aromatic rings. The van der Waals surface area contributed by atoms with Gasteiger partial charge in [-0.3, -0.25) is 9.59 Å². The Morgan fingerprint density at radius 1 is 1.30 bits per heavy atom. The maximum absolute atomic E-state index is 12.8. The van der Waals surface area contributed by atoms with Crippen LogP contribution in [0.25, 0.3) is 0 Å². The van der Waals surface area contributed by atoms with Crippen molar-refractivity contribution in [2.75, 3.05) is 11.9 Å². The van der Waals surface area contributed by atoms with Gasteiger partial charge in [-0.2, -0.15) is 0 Å². The largest absolute Gasteiger partial charge is 0.329 e. The van der Waals surface area contributed by atoms with Crippen molar-refractivity contribution >= 4 is 17.5 Å². The molecule has 23 heavy (non-hydrogen) atoms. The Bertz CT molecular complexity index is 656. The Balaban J connectivity index is 1.96. The van der Waals surface area contributed by atoms with E-state index in [1.165, 1.54) is 40.2 Å². The van der Waals surface area contributed by atoms with E-state index >= 15 is 0 Å². The molecule has 0 radical (unpaired) electrons. The van der Waals surface area contributed by atoms with E-state index in [9.17, 15) is 14.0 Å². The summed E-state index contributed by atoms with van der Waals surface area (Å²) in [6, 6.07) is 5.24. The number of amides is 2. The Kier molecular flexibility index (Phi) is 5.34. The van der Waals surface area contributed by atoms with Crippen LogP contribution in [0, 0.1) is 5.82 Å². The minimum atomic E-state index is -0.386. The maximum Gasteiger partial charge on any atom is 0.245 e. The lowest BCUT2D eigenvalue weighted by atomic mass is 10.2. The maximum atomic E-state index is 12.8. The van der Waals surface area contributed by atoms with Crippen LogP contribution in [0.5, 0.6) is 0 Å². The lowest BCUT2D eigenvalue weighted by Crippen LogP contribution is -2.44. The summed E-state index contributed by atoms with van der Waals surface area (Å²) in [5, 5.41) is 13.2. The topological polar surface area (TPSA) is 93.0 Å². The average Bonchev–Trinajstić information content (AvgIpc) is 2.99. The fraction of sp³-hybridized carbons (Fsp3) is 0.357. The van der Waals surface area contributed by atoms with Crippen LogP contribution >= 0.6 is 0 Å². The number of hydrogen-bond donors (Lipinski definition) is 1. The van der Waals surface area contributed by atoms with Crippen LogP contribution in [0.4, 0.5) is 10.1 Å². The molecule has 0 spiro atoms. The first-order valence-electron chi connectivity index (χ1n) is 7.01. The molecule has 2 amide bonds. The zero-order chi connectivity index (χ0) is 16.8. The number of aromatic nitrogens is 4. The van der Waals surface area contributed by atoms with Crippen molar-refractivity contribution in [1.82, 2.24) is 25.1 Å². The number of nitrogens with one attached hydrogen (secondary N) is 1. The summed E-state index contributed by atoms with van der Waals surface area (Å²) in [6.45, 7) is 3.45. The van der Waals surface area contributed by atoms with Crippen LogP contribution < -0.4 is 5.32 Å². The molecule has 122 valence electrons. The number of carbonyl (C=O) groups is 2. The van der Waals surface area contributed by atoms with Crippen molar-refractivity contribution in [1.29, 1.82) is 0 Å².